The molecule has 0 amide bonds. The van der Waals surface area contributed by atoms with Crippen molar-refractivity contribution in [3.63, 3.8) is 0 Å². The Balaban J connectivity index is 1.53. The van der Waals surface area contributed by atoms with Gasteiger partial charge in [0.1, 0.15) is 5.75 Å². The molecule has 0 bridgehead atoms. The zero-order chi connectivity index (χ0) is 10.1. The summed E-state index contributed by atoms with van der Waals surface area (Å²) < 4.78 is 10.9. The van der Waals surface area contributed by atoms with Gasteiger partial charge >= 0.3 is 0 Å². The van der Waals surface area contributed by atoms with Crippen LogP contribution in [0.3, 0.4) is 0 Å². The second-order valence-electron chi connectivity index (χ2n) is 4.56. The van der Waals surface area contributed by atoms with Gasteiger partial charge in [-0.3, -0.25) is 0 Å². The van der Waals surface area contributed by atoms with Gasteiger partial charge < -0.3 is 9.47 Å². The largest absolute Gasteiger partial charge is 0.493 e. The Bertz CT molecular complexity index is 323. The van der Waals surface area contributed by atoms with Crippen molar-refractivity contribution < 1.29 is 9.47 Å². The molecular formula is C13H16O2. The molecule has 1 heterocycles. The van der Waals surface area contributed by atoms with Gasteiger partial charge in [-0.1, -0.05) is 12.1 Å². The van der Waals surface area contributed by atoms with E-state index in [1.807, 2.05) is 0 Å². The molecule has 2 aliphatic rings. The monoisotopic (exact) mass is 204 g/mol. The first-order valence-corrected chi connectivity index (χ1v) is 5.73. The summed E-state index contributed by atoms with van der Waals surface area (Å²) in [5.41, 5.74) is 1.34. The van der Waals surface area contributed by atoms with Crippen molar-refractivity contribution in [1.82, 2.24) is 0 Å². The van der Waals surface area contributed by atoms with Gasteiger partial charge in [-0.05, 0) is 36.5 Å². The van der Waals surface area contributed by atoms with Gasteiger partial charge in [-0.25, -0.2) is 0 Å². The molecule has 15 heavy (non-hydrogen) atoms. The van der Waals surface area contributed by atoms with Crippen LogP contribution in [-0.4, -0.2) is 19.3 Å². The lowest BCUT2D eigenvalue weighted by atomic mass is 10.1. The Kier molecular flexibility index (Phi) is 2.37. The first-order valence-electron chi connectivity index (χ1n) is 5.73. The topological polar surface area (TPSA) is 21.8 Å². The highest BCUT2D eigenvalue weighted by molar-refractivity contribution is 5.28. The van der Waals surface area contributed by atoms with E-state index in [2.05, 4.69) is 24.3 Å². The molecule has 0 aromatic heterocycles. The molecule has 1 atom stereocenters. The summed E-state index contributed by atoms with van der Waals surface area (Å²) in [5.74, 6) is 1.83. The second kappa shape index (κ2) is 3.86. The molecule has 0 spiro atoms. The first kappa shape index (κ1) is 9.22. The zero-order valence-corrected chi connectivity index (χ0v) is 8.82. The van der Waals surface area contributed by atoms with Crippen LogP contribution >= 0.6 is 0 Å². The molecule has 1 aliphatic carbocycles. The van der Waals surface area contributed by atoms with Crippen molar-refractivity contribution in [1.29, 1.82) is 0 Å². The third kappa shape index (κ3) is 2.72. The van der Waals surface area contributed by atoms with E-state index >= 15 is 0 Å². The lowest BCUT2D eigenvalue weighted by molar-refractivity contribution is 0.299. The molecule has 1 saturated heterocycles. The highest BCUT2D eigenvalue weighted by atomic mass is 16.6. The summed E-state index contributed by atoms with van der Waals surface area (Å²) in [6.07, 6.45) is 4.21. The van der Waals surface area contributed by atoms with E-state index < -0.39 is 0 Å². The van der Waals surface area contributed by atoms with Crippen molar-refractivity contribution >= 4 is 0 Å². The average molecular weight is 204 g/mol. The number of hydrogen-bond donors (Lipinski definition) is 0. The van der Waals surface area contributed by atoms with Gasteiger partial charge in [-0.2, -0.15) is 0 Å². The van der Waals surface area contributed by atoms with Crippen LogP contribution in [0.1, 0.15) is 18.4 Å². The first-order chi connectivity index (χ1) is 7.40. The highest BCUT2D eigenvalue weighted by Gasteiger charge is 2.23. The van der Waals surface area contributed by atoms with E-state index in [9.17, 15) is 0 Å². The molecule has 2 heteroatoms. The molecule has 1 aromatic carbocycles. The van der Waals surface area contributed by atoms with Crippen molar-refractivity contribution in [3.05, 3.63) is 29.8 Å². The van der Waals surface area contributed by atoms with Crippen molar-refractivity contribution in [2.45, 2.75) is 25.4 Å². The summed E-state index contributed by atoms with van der Waals surface area (Å²) in [6.45, 7) is 1.82. The van der Waals surface area contributed by atoms with E-state index in [0.29, 0.717) is 6.10 Å². The van der Waals surface area contributed by atoms with Gasteiger partial charge in [-0.15, -0.1) is 0 Å². The van der Waals surface area contributed by atoms with E-state index in [1.165, 1.54) is 18.4 Å². The minimum absolute atomic E-state index is 0.475. The van der Waals surface area contributed by atoms with Crippen molar-refractivity contribution in [2.75, 3.05) is 13.2 Å². The maximum absolute atomic E-state index is 5.67. The molecule has 80 valence electrons. The summed E-state index contributed by atoms with van der Waals surface area (Å²) in [6, 6.07) is 8.42. The molecule has 1 aromatic rings. The SMILES string of the molecule is c1cc(OCC2CC2)ccc1CC1CO1. The number of ether oxygens (including phenoxy) is 2. The fraction of sp³-hybridized carbons (Fsp3) is 0.538. The van der Waals surface area contributed by atoms with Crippen molar-refractivity contribution in [3.8, 4) is 5.75 Å². The summed E-state index contributed by atoms with van der Waals surface area (Å²) in [7, 11) is 0. The summed E-state index contributed by atoms with van der Waals surface area (Å²) in [5, 5.41) is 0. The molecular weight excluding hydrogens is 188 g/mol. The molecule has 1 saturated carbocycles. The molecule has 2 fully saturated rings. The number of rotatable bonds is 5. The van der Waals surface area contributed by atoms with Gasteiger partial charge in [0.25, 0.3) is 0 Å². The predicted octanol–water partition coefficient (Wildman–Crippen LogP) is 2.42. The van der Waals surface area contributed by atoms with Crippen LogP contribution in [0.2, 0.25) is 0 Å². The van der Waals surface area contributed by atoms with Gasteiger partial charge in [0.05, 0.1) is 19.3 Å². The number of epoxide rings is 1. The van der Waals surface area contributed by atoms with Crippen LogP contribution in [0.4, 0.5) is 0 Å². The molecule has 1 aliphatic heterocycles. The van der Waals surface area contributed by atoms with E-state index in [-0.39, 0.29) is 0 Å². The minimum atomic E-state index is 0.475. The van der Waals surface area contributed by atoms with Crippen LogP contribution in [0, 0.1) is 5.92 Å². The number of benzene rings is 1. The quantitative estimate of drug-likeness (QED) is 0.687. The number of hydrogen-bond acceptors (Lipinski definition) is 2. The van der Waals surface area contributed by atoms with Gasteiger partial charge in [0.2, 0.25) is 0 Å². The third-order valence-electron chi connectivity index (χ3n) is 2.97. The summed E-state index contributed by atoms with van der Waals surface area (Å²) >= 11 is 0. The minimum Gasteiger partial charge on any atom is -0.493 e. The maximum Gasteiger partial charge on any atom is 0.119 e. The van der Waals surface area contributed by atoms with Crippen LogP contribution in [0.5, 0.6) is 5.75 Å². The smallest absolute Gasteiger partial charge is 0.119 e. The predicted molar refractivity (Wildman–Crippen MR) is 58.1 cm³/mol. The second-order valence-corrected chi connectivity index (χ2v) is 4.56. The lowest BCUT2D eigenvalue weighted by Crippen LogP contribution is -1.99. The highest BCUT2D eigenvalue weighted by Crippen LogP contribution is 2.29. The normalized spacial score (nSPS) is 23.9. The molecule has 2 nitrogen and oxygen atoms in total. The Morgan fingerprint density at radius 2 is 1.93 bits per heavy atom. The zero-order valence-electron chi connectivity index (χ0n) is 8.82. The Labute approximate surface area is 90.2 Å². The standard InChI is InChI=1S/C13H16O2/c1-2-11(1)8-14-12-5-3-10(4-6-12)7-13-9-15-13/h3-6,11,13H,1-2,7-9H2. The third-order valence-corrected chi connectivity index (χ3v) is 2.97. The Morgan fingerprint density at radius 1 is 1.20 bits per heavy atom. The van der Waals surface area contributed by atoms with Crippen LogP contribution in [0.25, 0.3) is 0 Å². The average Bonchev–Trinajstić information content (AvgIpc) is 3.12. The maximum atomic E-state index is 5.67. The fourth-order valence-electron chi connectivity index (χ4n) is 1.67. The van der Waals surface area contributed by atoms with Crippen LogP contribution in [0.15, 0.2) is 24.3 Å². The summed E-state index contributed by atoms with van der Waals surface area (Å²) in [4.78, 5) is 0. The lowest BCUT2D eigenvalue weighted by Gasteiger charge is -2.05. The van der Waals surface area contributed by atoms with Crippen LogP contribution < -0.4 is 4.74 Å². The Hall–Kier alpha value is -1.02. The van der Waals surface area contributed by atoms with E-state index in [1.54, 1.807) is 0 Å². The fourth-order valence-corrected chi connectivity index (χ4v) is 1.67. The van der Waals surface area contributed by atoms with Gasteiger partial charge in [0.15, 0.2) is 0 Å². The molecule has 3 rings (SSSR count). The molecule has 0 radical (unpaired) electrons. The van der Waals surface area contributed by atoms with E-state index in [4.69, 9.17) is 9.47 Å². The van der Waals surface area contributed by atoms with Crippen LogP contribution in [-0.2, 0) is 11.2 Å². The van der Waals surface area contributed by atoms with Crippen molar-refractivity contribution in [2.24, 2.45) is 5.92 Å². The van der Waals surface area contributed by atoms with Gasteiger partial charge in [0, 0.05) is 6.42 Å². The van der Waals surface area contributed by atoms with E-state index in [0.717, 1.165) is 31.3 Å². The molecule has 0 N–H and O–H groups in total. The Morgan fingerprint density at radius 3 is 2.53 bits per heavy atom. The molecule has 1 unspecified atom stereocenters.